The second-order valence-electron chi connectivity index (χ2n) is 5.46. The van der Waals surface area contributed by atoms with Gasteiger partial charge in [0.05, 0.1) is 12.8 Å². The van der Waals surface area contributed by atoms with E-state index in [-0.39, 0.29) is 6.61 Å². The van der Waals surface area contributed by atoms with Crippen molar-refractivity contribution >= 4 is 12.0 Å². The summed E-state index contributed by atoms with van der Waals surface area (Å²) in [6, 6.07) is 5.78. The number of nitrogens with zero attached hydrogens (tertiary/aromatic N) is 2. The SMILES string of the molecule is COc1ccc(C)cc1COC(=O)/C=C/c1c(C)nn(C)c1C. The fraction of sp³-hybridized carbons (Fsp3) is 0.333. The molecule has 0 saturated carbocycles. The Labute approximate surface area is 136 Å². The van der Waals surface area contributed by atoms with Crippen LogP contribution in [0, 0.1) is 20.8 Å². The van der Waals surface area contributed by atoms with Crippen molar-refractivity contribution in [2.45, 2.75) is 27.4 Å². The van der Waals surface area contributed by atoms with Crippen LogP contribution in [0.4, 0.5) is 0 Å². The van der Waals surface area contributed by atoms with Crippen molar-refractivity contribution in [3.05, 3.63) is 52.4 Å². The van der Waals surface area contributed by atoms with Gasteiger partial charge in [-0.1, -0.05) is 11.6 Å². The number of hydrogen-bond acceptors (Lipinski definition) is 4. The normalized spacial score (nSPS) is 11.0. The molecule has 0 atom stereocenters. The lowest BCUT2D eigenvalue weighted by Crippen LogP contribution is -2.02. The third-order valence-corrected chi connectivity index (χ3v) is 3.76. The summed E-state index contributed by atoms with van der Waals surface area (Å²) in [4.78, 5) is 11.9. The average molecular weight is 314 g/mol. The van der Waals surface area contributed by atoms with Crippen LogP contribution < -0.4 is 4.74 Å². The number of aryl methyl sites for hydroxylation is 3. The third-order valence-electron chi connectivity index (χ3n) is 3.76. The van der Waals surface area contributed by atoms with Crippen LogP contribution in [0.25, 0.3) is 6.08 Å². The number of benzene rings is 1. The number of aromatic nitrogens is 2. The molecule has 2 rings (SSSR count). The highest BCUT2D eigenvalue weighted by Crippen LogP contribution is 2.20. The molecule has 1 heterocycles. The number of carbonyl (C=O) groups is 1. The standard InChI is InChI=1S/C18H22N2O3/c1-12-6-8-17(22-5)15(10-12)11-23-18(21)9-7-16-13(2)19-20(4)14(16)3/h6-10H,11H2,1-5H3/b9-7+. The number of methoxy groups -OCH3 is 1. The van der Waals surface area contributed by atoms with Crippen LogP contribution >= 0.6 is 0 Å². The lowest BCUT2D eigenvalue weighted by Gasteiger charge is -2.09. The molecule has 122 valence electrons. The number of carbonyl (C=O) groups excluding carboxylic acids is 1. The summed E-state index contributed by atoms with van der Waals surface area (Å²) in [5.41, 5.74) is 4.77. The predicted octanol–water partition coefficient (Wildman–Crippen LogP) is 3.11. The molecule has 1 aromatic heterocycles. The Morgan fingerprint density at radius 1 is 1.30 bits per heavy atom. The van der Waals surface area contributed by atoms with Gasteiger partial charge in [-0.05, 0) is 39.0 Å². The molecule has 23 heavy (non-hydrogen) atoms. The topological polar surface area (TPSA) is 53.4 Å². The minimum atomic E-state index is -0.392. The van der Waals surface area contributed by atoms with Crippen molar-refractivity contribution in [3.8, 4) is 5.75 Å². The largest absolute Gasteiger partial charge is 0.496 e. The second-order valence-corrected chi connectivity index (χ2v) is 5.46. The monoisotopic (exact) mass is 314 g/mol. The first-order valence-corrected chi connectivity index (χ1v) is 7.41. The van der Waals surface area contributed by atoms with E-state index in [2.05, 4.69) is 5.10 Å². The fourth-order valence-corrected chi connectivity index (χ4v) is 2.40. The summed E-state index contributed by atoms with van der Waals surface area (Å²) in [6.07, 6.45) is 3.17. The molecule has 2 aromatic rings. The molecule has 0 unspecified atom stereocenters. The highest BCUT2D eigenvalue weighted by molar-refractivity contribution is 5.87. The quantitative estimate of drug-likeness (QED) is 0.628. The molecule has 0 radical (unpaired) electrons. The maximum absolute atomic E-state index is 11.9. The molecule has 0 N–H and O–H groups in total. The van der Waals surface area contributed by atoms with Crippen LogP contribution in [-0.4, -0.2) is 22.9 Å². The zero-order valence-electron chi connectivity index (χ0n) is 14.2. The van der Waals surface area contributed by atoms with Gasteiger partial charge in [0.15, 0.2) is 0 Å². The zero-order chi connectivity index (χ0) is 17.0. The number of hydrogen-bond donors (Lipinski definition) is 0. The van der Waals surface area contributed by atoms with E-state index < -0.39 is 5.97 Å². The van der Waals surface area contributed by atoms with E-state index in [1.165, 1.54) is 6.08 Å². The Balaban J connectivity index is 2.03. The molecular formula is C18H22N2O3. The van der Waals surface area contributed by atoms with Crippen LogP contribution in [0.2, 0.25) is 0 Å². The Kier molecular flexibility index (Phi) is 5.21. The van der Waals surface area contributed by atoms with Crippen molar-refractivity contribution in [3.63, 3.8) is 0 Å². The third kappa shape index (κ3) is 4.00. The summed E-state index contributed by atoms with van der Waals surface area (Å²) < 4.78 is 12.4. The predicted molar refractivity (Wildman–Crippen MR) is 89.2 cm³/mol. The minimum Gasteiger partial charge on any atom is -0.496 e. The Bertz CT molecular complexity index is 745. The summed E-state index contributed by atoms with van der Waals surface area (Å²) in [5.74, 6) is 0.322. The second kappa shape index (κ2) is 7.13. The van der Waals surface area contributed by atoms with Crippen molar-refractivity contribution in [1.82, 2.24) is 9.78 Å². The van der Waals surface area contributed by atoms with Gasteiger partial charge in [0.1, 0.15) is 12.4 Å². The van der Waals surface area contributed by atoms with Gasteiger partial charge < -0.3 is 9.47 Å². The van der Waals surface area contributed by atoms with Crippen LogP contribution in [-0.2, 0) is 23.2 Å². The Morgan fingerprint density at radius 3 is 2.65 bits per heavy atom. The Morgan fingerprint density at radius 2 is 2.04 bits per heavy atom. The van der Waals surface area contributed by atoms with Crippen LogP contribution in [0.3, 0.4) is 0 Å². The minimum absolute atomic E-state index is 0.180. The fourth-order valence-electron chi connectivity index (χ4n) is 2.40. The first-order valence-electron chi connectivity index (χ1n) is 7.41. The summed E-state index contributed by atoms with van der Waals surface area (Å²) in [5, 5.41) is 4.31. The summed E-state index contributed by atoms with van der Waals surface area (Å²) >= 11 is 0. The van der Waals surface area contributed by atoms with Crippen molar-refractivity contribution in [2.24, 2.45) is 7.05 Å². The molecule has 0 fully saturated rings. The van der Waals surface area contributed by atoms with Crippen LogP contribution in [0.5, 0.6) is 5.75 Å². The first kappa shape index (κ1) is 16.8. The Hall–Kier alpha value is -2.56. The van der Waals surface area contributed by atoms with Gasteiger partial charge >= 0.3 is 5.97 Å². The van der Waals surface area contributed by atoms with Gasteiger partial charge in [0.25, 0.3) is 0 Å². The first-order chi connectivity index (χ1) is 10.9. The van der Waals surface area contributed by atoms with Gasteiger partial charge in [-0.15, -0.1) is 0 Å². The molecule has 5 heteroatoms. The van der Waals surface area contributed by atoms with E-state index in [9.17, 15) is 4.79 Å². The van der Waals surface area contributed by atoms with E-state index in [0.29, 0.717) is 5.75 Å². The lowest BCUT2D eigenvalue weighted by atomic mass is 10.1. The molecule has 1 aromatic carbocycles. The lowest BCUT2D eigenvalue weighted by molar-refractivity contribution is -0.138. The number of ether oxygens (including phenoxy) is 2. The van der Waals surface area contributed by atoms with Crippen molar-refractivity contribution in [1.29, 1.82) is 0 Å². The van der Waals surface area contributed by atoms with Gasteiger partial charge in [-0.3, -0.25) is 4.68 Å². The van der Waals surface area contributed by atoms with E-state index in [1.807, 2.05) is 46.0 Å². The van der Waals surface area contributed by atoms with E-state index in [1.54, 1.807) is 17.9 Å². The van der Waals surface area contributed by atoms with Gasteiger partial charge in [-0.25, -0.2) is 4.79 Å². The van der Waals surface area contributed by atoms with Crippen LogP contribution in [0.1, 0.15) is 28.1 Å². The maximum Gasteiger partial charge on any atom is 0.331 e. The zero-order valence-corrected chi connectivity index (χ0v) is 14.2. The van der Waals surface area contributed by atoms with Gasteiger partial charge in [-0.2, -0.15) is 5.10 Å². The highest BCUT2D eigenvalue weighted by atomic mass is 16.5. The molecule has 0 amide bonds. The van der Waals surface area contributed by atoms with Crippen molar-refractivity contribution in [2.75, 3.05) is 7.11 Å². The molecule has 0 spiro atoms. The smallest absolute Gasteiger partial charge is 0.331 e. The summed E-state index contributed by atoms with van der Waals surface area (Å²) in [6.45, 7) is 6.04. The van der Waals surface area contributed by atoms with Gasteiger partial charge in [0, 0.05) is 29.9 Å². The molecular weight excluding hydrogens is 292 g/mol. The van der Waals surface area contributed by atoms with E-state index in [0.717, 1.165) is 28.1 Å². The maximum atomic E-state index is 11.9. The van der Waals surface area contributed by atoms with E-state index in [4.69, 9.17) is 9.47 Å². The number of esters is 1. The molecule has 5 nitrogen and oxygen atoms in total. The van der Waals surface area contributed by atoms with Gasteiger partial charge in [0.2, 0.25) is 0 Å². The number of rotatable bonds is 5. The highest BCUT2D eigenvalue weighted by Gasteiger charge is 2.08. The average Bonchev–Trinajstić information content (AvgIpc) is 2.76. The molecule has 0 saturated heterocycles. The van der Waals surface area contributed by atoms with Crippen LogP contribution in [0.15, 0.2) is 24.3 Å². The molecule has 0 aliphatic rings. The molecule has 0 aliphatic carbocycles. The van der Waals surface area contributed by atoms with E-state index >= 15 is 0 Å². The molecule has 0 aliphatic heterocycles. The summed E-state index contributed by atoms with van der Waals surface area (Å²) in [7, 11) is 3.48. The van der Waals surface area contributed by atoms with Crippen molar-refractivity contribution < 1.29 is 14.3 Å². The molecule has 0 bridgehead atoms.